The number of aliphatic imine (C=N–C) groups is 1. The van der Waals surface area contributed by atoms with Gasteiger partial charge in [-0.25, -0.2) is 0 Å². The molecule has 8 nitrogen and oxygen atoms in total. The van der Waals surface area contributed by atoms with Gasteiger partial charge in [-0.1, -0.05) is 24.6 Å². The van der Waals surface area contributed by atoms with Crippen LogP contribution in [0.25, 0.3) is 5.65 Å². The Morgan fingerprint density at radius 3 is 2.64 bits per heavy atom. The van der Waals surface area contributed by atoms with Gasteiger partial charge in [-0.2, -0.15) is 0 Å². The lowest BCUT2D eigenvalue weighted by Crippen LogP contribution is -2.40. The van der Waals surface area contributed by atoms with Crippen molar-refractivity contribution in [2.45, 2.75) is 38.6 Å². The molecule has 8 heteroatoms. The van der Waals surface area contributed by atoms with E-state index in [4.69, 9.17) is 9.73 Å². The van der Waals surface area contributed by atoms with Crippen LogP contribution in [-0.2, 0) is 6.42 Å². The molecule has 1 aliphatic heterocycles. The second-order valence-electron chi connectivity index (χ2n) is 8.33. The lowest BCUT2D eigenvalue weighted by molar-refractivity contribution is 0.167. The van der Waals surface area contributed by atoms with Crippen LogP contribution in [0.2, 0.25) is 0 Å². The van der Waals surface area contributed by atoms with E-state index in [2.05, 4.69) is 44.8 Å². The number of benzene rings is 1. The number of pyridine rings is 1. The maximum atomic E-state index is 5.35. The average Bonchev–Trinajstić information content (AvgIpc) is 3.28. The number of hydrogen-bond donors (Lipinski definition) is 2. The minimum absolute atomic E-state index is 0.257. The number of ether oxygens (including phenoxy) is 1. The summed E-state index contributed by atoms with van der Waals surface area (Å²) in [6.07, 6.45) is 6.59. The van der Waals surface area contributed by atoms with Crippen LogP contribution in [0.4, 0.5) is 0 Å². The Bertz CT molecular complexity index is 1020. The highest BCUT2D eigenvalue weighted by atomic mass is 16.5. The van der Waals surface area contributed by atoms with Crippen LogP contribution in [0.15, 0.2) is 53.7 Å². The molecule has 0 radical (unpaired) electrons. The van der Waals surface area contributed by atoms with Crippen LogP contribution in [0.5, 0.6) is 5.75 Å². The zero-order chi connectivity index (χ0) is 22.9. The fourth-order valence-electron chi connectivity index (χ4n) is 4.36. The van der Waals surface area contributed by atoms with Crippen LogP contribution < -0.4 is 15.4 Å². The van der Waals surface area contributed by atoms with E-state index in [0.717, 1.165) is 55.8 Å². The first-order chi connectivity index (χ1) is 16.3. The number of hydrogen-bond acceptors (Lipinski definition) is 5. The minimum Gasteiger partial charge on any atom is -0.497 e. The van der Waals surface area contributed by atoms with E-state index in [0.29, 0.717) is 6.54 Å². The predicted octanol–water partition coefficient (Wildman–Crippen LogP) is 3.06. The van der Waals surface area contributed by atoms with Gasteiger partial charge in [0, 0.05) is 25.7 Å². The topological polar surface area (TPSA) is 79.1 Å². The third kappa shape index (κ3) is 6.01. The summed E-state index contributed by atoms with van der Waals surface area (Å²) in [4.78, 5) is 7.54. The summed E-state index contributed by atoms with van der Waals surface area (Å²) >= 11 is 0. The van der Waals surface area contributed by atoms with Gasteiger partial charge in [-0.15, -0.1) is 10.2 Å². The monoisotopic (exact) mass is 449 g/mol. The van der Waals surface area contributed by atoms with Gasteiger partial charge in [0.1, 0.15) is 11.6 Å². The van der Waals surface area contributed by atoms with E-state index in [1.165, 1.54) is 24.8 Å². The molecule has 0 spiro atoms. The molecule has 4 rings (SSSR count). The van der Waals surface area contributed by atoms with Crippen molar-refractivity contribution in [3.8, 4) is 5.75 Å². The third-order valence-corrected chi connectivity index (χ3v) is 6.12. The van der Waals surface area contributed by atoms with Crippen molar-refractivity contribution in [3.05, 3.63) is 60.0 Å². The van der Waals surface area contributed by atoms with Crippen LogP contribution in [0.3, 0.4) is 0 Å². The van der Waals surface area contributed by atoms with Crippen molar-refractivity contribution in [2.75, 3.05) is 39.8 Å². The Balaban J connectivity index is 1.43. The fraction of sp³-hybridized carbons (Fsp3) is 0.480. The van der Waals surface area contributed by atoms with E-state index < -0.39 is 0 Å². The Labute approximate surface area is 196 Å². The lowest BCUT2D eigenvalue weighted by Gasteiger charge is -2.34. The van der Waals surface area contributed by atoms with E-state index in [9.17, 15) is 0 Å². The average molecular weight is 450 g/mol. The standard InChI is InChI=1S/C25H35N7O/c1-3-26-25(27-15-14-24-30-29-23-9-5-8-18-32(23)24)28-19-22(31-16-6-4-7-17-31)20-10-12-21(33-2)13-11-20/h5,8-13,18,22H,3-4,6-7,14-17,19H2,1-2H3,(H2,26,27,28). The normalized spacial score (nSPS) is 16.0. The van der Waals surface area contributed by atoms with Crippen molar-refractivity contribution in [2.24, 2.45) is 4.99 Å². The minimum atomic E-state index is 0.257. The Kier molecular flexibility index (Phi) is 8.14. The Hall–Kier alpha value is -3.13. The highest BCUT2D eigenvalue weighted by Gasteiger charge is 2.22. The van der Waals surface area contributed by atoms with Crippen LogP contribution in [-0.4, -0.2) is 65.3 Å². The zero-order valence-corrected chi connectivity index (χ0v) is 19.7. The molecule has 0 aliphatic carbocycles. The molecule has 33 heavy (non-hydrogen) atoms. The number of rotatable bonds is 9. The number of guanidine groups is 1. The lowest BCUT2D eigenvalue weighted by atomic mass is 10.0. The second-order valence-corrected chi connectivity index (χ2v) is 8.33. The number of nitrogens with one attached hydrogen (secondary N) is 2. The summed E-state index contributed by atoms with van der Waals surface area (Å²) in [5.41, 5.74) is 2.16. The molecule has 0 saturated carbocycles. The van der Waals surface area contributed by atoms with Gasteiger partial charge >= 0.3 is 0 Å². The third-order valence-electron chi connectivity index (χ3n) is 6.12. The van der Waals surface area contributed by atoms with E-state index >= 15 is 0 Å². The van der Waals surface area contributed by atoms with Crippen molar-refractivity contribution in [1.82, 2.24) is 30.1 Å². The second kappa shape index (κ2) is 11.7. The number of piperidine rings is 1. The molecular weight excluding hydrogens is 414 g/mol. The van der Waals surface area contributed by atoms with Crippen molar-refractivity contribution in [3.63, 3.8) is 0 Å². The van der Waals surface area contributed by atoms with E-state index in [1.807, 2.05) is 40.9 Å². The van der Waals surface area contributed by atoms with Crippen molar-refractivity contribution in [1.29, 1.82) is 0 Å². The van der Waals surface area contributed by atoms with Gasteiger partial charge in [0.05, 0.1) is 19.7 Å². The summed E-state index contributed by atoms with van der Waals surface area (Å²) in [7, 11) is 1.71. The van der Waals surface area contributed by atoms with Gasteiger partial charge in [-0.05, 0) is 62.7 Å². The number of likely N-dealkylation sites (tertiary alicyclic amines) is 1. The molecule has 0 bridgehead atoms. The van der Waals surface area contributed by atoms with Gasteiger partial charge in [0.2, 0.25) is 0 Å². The molecule has 2 N–H and O–H groups in total. The highest BCUT2D eigenvalue weighted by molar-refractivity contribution is 5.79. The van der Waals surface area contributed by atoms with Gasteiger partial charge < -0.3 is 15.4 Å². The summed E-state index contributed by atoms with van der Waals surface area (Å²) in [5, 5.41) is 15.4. The molecule has 3 heterocycles. The number of fused-ring (bicyclic) bond motifs is 1. The zero-order valence-electron chi connectivity index (χ0n) is 19.7. The van der Waals surface area contributed by atoms with E-state index in [1.54, 1.807) is 7.11 Å². The number of aromatic nitrogens is 3. The van der Waals surface area contributed by atoms with Crippen molar-refractivity contribution < 1.29 is 4.74 Å². The molecule has 1 unspecified atom stereocenters. The van der Waals surface area contributed by atoms with Crippen LogP contribution >= 0.6 is 0 Å². The number of methoxy groups -OCH3 is 1. The first kappa shape index (κ1) is 23.0. The Morgan fingerprint density at radius 2 is 1.88 bits per heavy atom. The molecule has 176 valence electrons. The molecule has 1 aliphatic rings. The largest absolute Gasteiger partial charge is 0.497 e. The molecule has 2 aromatic heterocycles. The molecule has 3 aromatic rings. The van der Waals surface area contributed by atoms with Crippen molar-refractivity contribution >= 4 is 11.6 Å². The number of nitrogens with zero attached hydrogens (tertiary/aromatic N) is 5. The molecular formula is C25H35N7O. The first-order valence-electron chi connectivity index (χ1n) is 12.0. The van der Waals surface area contributed by atoms with Crippen LogP contribution in [0.1, 0.15) is 43.6 Å². The SMILES string of the molecule is CCNC(=NCC(c1ccc(OC)cc1)N1CCCCC1)NCCc1nnc2ccccn12. The fourth-order valence-corrected chi connectivity index (χ4v) is 4.36. The maximum absolute atomic E-state index is 5.35. The summed E-state index contributed by atoms with van der Waals surface area (Å²) in [5.74, 6) is 2.66. The van der Waals surface area contributed by atoms with Gasteiger partial charge in [0.25, 0.3) is 0 Å². The van der Waals surface area contributed by atoms with Crippen LogP contribution in [0, 0.1) is 0 Å². The Morgan fingerprint density at radius 1 is 1.06 bits per heavy atom. The summed E-state index contributed by atoms with van der Waals surface area (Å²) in [6.45, 7) is 6.59. The van der Waals surface area contributed by atoms with E-state index in [-0.39, 0.29) is 6.04 Å². The summed E-state index contributed by atoms with van der Waals surface area (Å²) in [6, 6.07) is 14.6. The smallest absolute Gasteiger partial charge is 0.191 e. The quantitative estimate of drug-likeness (QED) is 0.386. The molecule has 1 atom stereocenters. The first-order valence-corrected chi connectivity index (χ1v) is 12.0. The van der Waals surface area contributed by atoms with Gasteiger partial charge in [0.15, 0.2) is 11.6 Å². The maximum Gasteiger partial charge on any atom is 0.191 e. The molecule has 1 aromatic carbocycles. The molecule has 1 fully saturated rings. The highest BCUT2D eigenvalue weighted by Crippen LogP contribution is 2.26. The molecule has 0 amide bonds. The molecule has 1 saturated heterocycles. The van der Waals surface area contributed by atoms with Gasteiger partial charge in [-0.3, -0.25) is 14.3 Å². The predicted molar refractivity (Wildman–Crippen MR) is 132 cm³/mol. The summed E-state index contributed by atoms with van der Waals surface area (Å²) < 4.78 is 7.38.